The van der Waals surface area contributed by atoms with Crippen molar-refractivity contribution in [2.24, 2.45) is 0 Å². The van der Waals surface area contributed by atoms with Crippen LogP contribution in [-0.4, -0.2) is 70.6 Å². The number of nitrogens with zero attached hydrogens (tertiary/aromatic N) is 5. The van der Waals surface area contributed by atoms with Gasteiger partial charge < -0.3 is 24.4 Å². The van der Waals surface area contributed by atoms with E-state index in [9.17, 15) is 9.59 Å². The number of hydrogen-bond acceptors (Lipinski definition) is 10. The normalized spacial score (nSPS) is 13.8. The molecule has 35 heavy (non-hydrogen) atoms. The van der Waals surface area contributed by atoms with Gasteiger partial charge in [0.05, 0.1) is 5.75 Å². The van der Waals surface area contributed by atoms with Gasteiger partial charge in [0.1, 0.15) is 11.5 Å². The van der Waals surface area contributed by atoms with Crippen molar-refractivity contribution in [3.63, 3.8) is 0 Å². The third-order valence-corrected chi connectivity index (χ3v) is 7.55. The van der Waals surface area contributed by atoms with Crippen LogP contribution in [0.15, 0.2) is 39.2 Å². The van der Waals surface area contributed by atoms with E-state index >= 15 is 0 Å². The lowest BCUT2D eigenvalue weighted by Crippen LogP contribution is -2.50. The molecule has 0 unspecified atom stereocenters. The second-order valence-corrected chi connectivity index (χ2v) is 10.6. The van der Waals surface area contributed by atoms with Crippen LogP contribution >= 0.6 is 23.1 Å². The number of ether oxygens (including phenoxy) is 1. The summed E-state index contributed by atoms with van der Waals surface area (Å²) >= 11 is 2.75. The molecule has 4 rings (SSSR count). The van der Waals surface area contributed by atoms with E-state index in [2.05, 4.69) is 39.4 Å². The summed E-state index contributed by atoms with van der Waals surface area (Å²) in [5, 5.41) is 15.7. The van der Waals surface area contributed by atoms with E-state index in [1.807, 2.05) is 29.2 Å². The molecule has 2 amide bonds. The van der Waals surface area contributed by atoms with E-state index < -0.39 is 0 Å². The highest BCUT2D eigenvalue weighted by Crippen LogP contribution is 2.29. The van der Waals surface area contributed by atoms with Crippen LogP contribution in [0.1, 0.15) is 31.1 Å². The van der Waals surface area contributed by atoms with Crippen LogP contribution in [0.5, 0.6) is 5.75 Å². The summed E-state index contributed by atoms with van der Waals surface area (Å²) in [6, 6.07) is 9.53. The zero-order chi connectivity index (χ0) is 24.8. The molecule has 0 aliphatic carbocycles. The molecule has 1 aromatic carbocycles. The van der Waals surface area contributed by atoms with Gasteiger partial charge in [0.15, 0.2) is 16.8 Å². The van der Waals surface area contributed by atoms with Crippen LogP contribution in [0.25, 0.3) is 0 Å². The summed E-state index contributed by atoms with van der Waals surface area (Å²) in [5.41, 5.74) is 1.24. The number of rotatable bonds is 9. The number of benzene rings is 1. The van der Waals surface area contributed by atoms with Crippen LogP contribution in [0, 0.1) is 6.92 Å². The van der Waals surface area contributed by atoms with E-state index in [4.69, 9.17) is 9.26 Å². The van der Waals surface area contributed by atoms with E-state index in [0.29, 0.717) is 53.8 Å². The summed E-state index contributed by atoms with van der Waals surface area (Å²) in [4.78, 5) is 28.6. The quantitative estimate of drug-likeness (QED) is 0.427. The molecule has 0 radical (unpaired) electrons. The Labute approximate surface area is 212 Å². The molecule has 1 aliphatic heterocycles. The molecule has 2 aromatic heterocycles. The molecular formula is C23H28N6O4S2. The molecule has 1 fully saturated rings. The molecular weight excluding hydrogens is 488 g/mol. The maximum absolute atomic E-state index is 12.6. The maximum Gasteiger partial charge on any atom is 0.260 e. The van der Waals surface area contributed by atoms with Crippen LogP contribution < -0.4 is 15.0 Å². The predicted molar refractivity (Wildman–Crippen MR) is 135 cm³/mol. The van der Waals surface area contributed by atoms with Gasteiger partial charge in [-0.25, -0.2) is 0 Å². The largest absolute Gasteiger partial charge is 0.484 e. The third-order valence-electron chi connectivity index (χ3n) is 5.43. The molecule has 1 aliphatic rings. The minimum Gasteiger partial charge on any atom is -0.484 e. The molecule has 12 heteroatoms. The SMILES string of the molecule is Cc1cc(NC(=O)CSc2nnc(N3CCN(C(=O)COc4ccc(C(C)C)cc4)CC3)s2)no1. The van der Waals surface area contributed by atoms with E-state index in [0.717, 1.165) is 5.13 Å². The Morgan fingerprint density at radius 3 is 2.57 bits per heavy atom. The Morgan fingerprint density at radius 1 is 1.17 bits per heavy atom. The first kappa shape index (κ1) is 25.0. The fourth-order valence-electron chi connectivity index (χ4n) is 3.45. The number of amides is 2. The molecule has 0 saturated carbocycles. The molecule has 1 saturated heterocycles. The highest BCUT2D eigenvalue weighted by Gasteiger charge is 2.24. The number of hydrogen-bond donors (Lipinski definition) is 1. The van der Waals surface area contributed by atoms with Crippen LogP contribution in [-0.2, 0) is 9.59 Å². The van der Waals surface area contributed by atoms with Crippen LogP contribution in [0.3, 0.4) is 0 Å². The molecule has 0 atom stereocenters. The summed E-state index contributed by atoms with van der Waals surface area (Å²) in [6.45, 7) is 8.59. The average Bonchev–Trinajstić information content (AvgIpc) is 3.50. The molecule has 3 aromatic rings. The lowest BCUT2D eigenvalue weighted by Gasteiger charge is -2.34. The number of piperazine rings is 1. The van der Waals surface area contributed by atoms with Crippen molar-refractivity contribution in [2.45, 2.75) is 31.0 Å². The van der Waals surface area contributed by atoms with Gasteiger partial charge in [0.2, 0.25) is 11.0 Å². The Kier molecular flexibility index (Phi) is 8.24. The highest BCUT2D eigenvalue weighted by molar-refractivity contribution is 8.01. The van der Waals surface area contributed by atoms with Gasteiger partial charge in [-0.05, 0) is 30.5 Å². The zero-order valence-electron chi connectivity index (χ0n) is 19.9. The molecule has 1 N–H and O–H groups in total. The van der Waals surface area contributed by atoms with Crippen molar-refractivity contribution in [3.8, 4) is 5.75 Å². The zero-order valence-corrected chi connectivity index (χ0v) is 21.5. The van der Waals surface area contributed by atoms with Crippen molar-refractivity contribution in [3.05, 3.63) is 41.7 Å². The standard InChI is InChI=1S/C23H28N6O4S2/c1-15(2)17-4-6-18(7-5-17)32-13-21(31)28-8-10-29(11-9-28)22-25-26-23(35-22)34-14-20(30)24-19-12-16(3)33-27-19/h4-7,12,15H,8-11,13-14H2,1-3H3,(H,24,27,30). The van der Waals surface area contributed by atoms with E-state index in [-0.39, 0.29) is 24.2 Å². The lowest BCUT2D eigenvalue weighted by molar-refractivity contribution is -0.133. The van der Waals surface area contributed by atoms with Gasteiger partial charge in [-0.1, -0.05) is 54.2 Å². The van der Waals surface area contributed by atoms with Crippen molar-refractivity contribution in [2.75, 3.05) is 48.8 Å². The van der Waals surface area contributed by atoms with Crippen molar-refractivity contribution in [1.29, 1.82) is 0 Å². The number of anilines is 2. The molecule has 10 nitrogen and oxygen atoms in total. The predicted octanol–water partition coefficient (Wildman–Crippen LogP) is 3.42. The summed E-state index contributed by atoms with van der Waals surface area (Å²) in [6.07, 6.45) is 0. The van der Waals surface area contributed by atoms with Gasteiger partial charge in [0, 0.05) is 32.2 Å². The van der Waals surface area contributed by atoms with Crippen molar-refractivity contribution >= 4 is 45.9 Å². The van der Waals surface area contributed by atoms with Gasteiger partial charge in [-0.2, -0.15) is 0 Å². The number of aromatic nitrogens is 3. The smallest absolute Gasteiger partial charge is 0.260 e. The topological polar surface area (TPSA) is 114 Å². The minimum atomic E-state index is -0.190. The maximum atomic E-state index is 12.6. The number of carbonyl (C=O) groups is 2. The fourth-order valence-corrected chi connectivity index (χ4v) is 5.15. The monoisotopic (exact) mass is 516 g/mol. The second-order valence-electron chi connectivity index (χ2n) is 8.39. The van der Waals surface area contributed by atoms with Crippen molar-refractivity contribution < 1.29 is 18.8 Å². The first-order valence-electron chi connectivity index (χ1n) is 11.3. The number of thioether (sulfide) groups is 1. The number of nitrogens with one attached hydrogen (secondary N) is 1. The van der Waals surface area contributed by atoms with Gasteiger partial charge in [-0.15, -0.1) is 10.2 Å². The van der Waals surface area contributed by atoms with E-state index in [1.165, 1.54) is 28.7 Å². The van der Waals surface area contributed by atoms with Gasteiger partial charge in [-0.3, -0.25) is 9.59 Å². The Hall–Kier alpha value is -3.12. The summed E-state index contributed by atoms with van der Waals surface area (Å²) < 4.78 is 11.3. The Morgan fingerprint density at radius 2 is 1.91 bits per heavy atom. The first-order valence-corrected chi connectivity index (χ1v) is 13.1. The molecule has 0 spiro atoms. The summed E-state index contributed by atoms with van der Waals surface area (Å²) in [7, 11) is 0. The molecule has 186 valence electrons. The van der Waals surface area contributed by atoms with E-state index in [1.54, 1.807) is 13.0 Å². The van der Waals surface area contributed by atoms with Crippen molar-refractivity contribution in [1.82, 2.24) is 20.3 Å². The van der Waals surface area contributed by atoms with Gasteiger partial charge in [0.25, 0.3) is 5.91 Å². The van der Waals surface area contributed by atoms with Crippen LogP contribution in [0.2, 0.25) is 0 Å². The molecule has 0 bridgehead atoms. The fraction of sp³-hybridized carbons (Fsp3) is 0.435. The average molecular weight is 517 g/mol. The summed E-state index contributed by atoms with van der Waals surface area (Å²) in [5.74, 6) is 2.16. The highest BCUT2D eigenvalue weighted by atomic mass is 32.2. The molecule has 3 heterocycles. The first-order chi connectivity index (χ1) is 16.9. The lowest BCUT2D eigenvalue weighted by atomic mass is 10.0. The second kappa shape index (κ2) is 11.5. The number of aryl methyl sites for hydroxylation is 1. The number of carbonyl (C=O) groups excluding carboxylic acids is 2. The Bertz CT molecular complexity index is 1140. The minimum absolute atomic E-state index is 0.0244. The van der Waals surface area contributed by atoms with Gasteiger partial charge >= 0.3 is 0 Å². The third kappa shape index (κ3) is 6.95. The Balaban J connectivity index is 1.18. The van der Waals surface area contributed by atoms with Crippen LogP contribution in [0.4, 0.5) is 10.9 Å².